The largest absolute Gasteiger partial charge is 0.449 e. The van der Waals surface area contributed by atoms with Gasteiger partial charge in [0, 0.05) is 6.42 Å². The lowest BCUT2D eigenvalue weighted by molar-refractivity contribution is -0.121. The average Bonchev–Trinajstić information content (AvgIpc) is 2.28. The summed E-state index contributed by atoms with van der Waals surface area (Å²) < 4.78 is 4.72. The molecule has 92 valence electrons. The number of ether oxygens (including phenoxy) is 1. The van der Waals surface area contributed by atoms with Crippen molar-refractivity contribution in [1.82, 2.24) is 5.32 Å². The van der Waals surface area contributed by atoms with Gasteiger partial charge in [0.05, 0.1) is 17.5 Å². The van der Waals surface area contributed by atoms with Crippen molar-refractivity contribution in [2.45, 2.75) is 49.9 Å². The smallest absolute Gasteiger partial charge is 0.407 e. The summed E-state index contributed by atoms with van der Waals surface area (Å²) in [6.07, 6.45) is 4.23. The van der Waals surface area contributed by atoms with Gasteiger partial charge in [-0.25, -0.2) is 4.79 Å². The van der Waals surface area contributed by atoms with Crippen LogP contribution in [0.2, 0.25) is 0 Å². The summed E-state index contributed by atoms with van der Waals surface area (Å²) in [6, 6.07) is -0.382. The lowest BCUT2D eigenvalue weighted by Gasteiger charge is -2.24. The van der Waals surface area contributed by atoms with Gasteiger partial charge in [0.2, 0.25) is 0 Å². The summed E-state index contributed by atoms with van der Waals surface area (Å²) in [5, 5.41) is 2.55. The Bertz CT molecular complexity index is 258. The van der Waals surface area contributed by atoms with Crippen molar-refractivity contribution in [2.75, 3.05) is 6.61 Å². The molecule has 4 nitrogen and oxygen atoms in total. The highest BCUT2D eigenvalue weighted by molar-refractivity contribution is 9.10. The summed E-state index contributed by atoms with van der Waals surface area (Å²) in [6.45, 7) is 2.46. The molecule has 2 atom stereocenters. The third-order valence-electron chi connectivity index (χ3n) is 2.65. The first-order valence-corrected chi connectivity index (χ1v) is 6.67. The quantitative estimate of drug-likeness (QED) is 0.604. The first-order valence-electron chi connectivity index (χ1n) is 5.76. The molecule has 16 heavy (non-hydrogen) atoms. The second-order valence-electron chi connectivity index (χ2n) is 3.99. The van der Waals surface area contributed by atoms with Crippen LogP contribution in [0.15, 0.2) is 0 Å². The predicted octanol–water partition coefficient (Wildman–Crippen LogP) is 2.40. The molecule has 0 spiro atoms. The molecule has 0 bridgehead atoms. The summed E-state index contributed by atoms with van der Waals surface area (Å²) in [7, 11) is 0. The Morgan fingerprint density at radius 1 is 1.62 bits per heavy atom. The zero-order valence-electron chi connectivity index (χ0n) is 9.50. The normalized spacial score (nSPS) is 22.1. The van der Waals surface area contributed by atoms with Crippen LogP contribution in [0.5, 0.6) is 0 Å². The second kappa shape index (κ2) is 6.89. The number of hydrogen-bond donors (Lipinski definition) is 1. The van der Waals surface area contributed by atoms with Gasteiger partial charge in [-0.2, -0.15) is 0 Å². The molecular weight excluding hydrogens is 274 g/mol. The van der Waals surface area contributed by atoms with E-state index in [1.807, 2.05) is 0 Å². The summed E-state index contributed by atoms with van der Waals surface area (Å²) in [4.78, 5) is 22.7. The zero-order valence-corrected chi connectivity index (χ0v) is 11.1. The highest BCUT2D eigenvalue weighted by Crippen LogP contribution is 2.16. The van der Waals surface area contributed by atoms with Crippen molar-refractivity contribution >= 4 is 27.8 Å². The van der Waals surface area contributed by atoms with Crippen LogP contribution < -0.4 is 5.32 Å². The molecule has 1 fully saturated rings. The highest BCUT2D eigenvalue weighted by atomic mass is 79.9. The number of cyclic esters (lactones) is 1. The third kappa shape index (κ3) is 4.12. The molecule has 1 aliphatic heterocycles. The molecule has 1 unspecified atom stereocenters. The van der Waals surface area contributed by atoms with Crippen molar-refractivity contribution in [3.63, 3.8) is 0 Å². The fourth-order valence-electron chi connectivity index (χ4n) is 1.67. The SMILES string of the molecule is CCCCC[C@@H](Br)C(=O)C1CCOC(=O)N1. The Morgan fingerprint density at radius 3 is 3.00 bits per heavy atom. The first-order chi connectivity index (χ1) is 7.65. The Labute approximate surface area is 104 Å². The lowest BCUT2D eigenvalue weighted by atomic mass is 10.0. The Morgan fingerprint density at radius 2 is 2.38 bits per heavy atom. The number of nitrogens with one attached hydrogen (secondary N) is 1. The summed E-state index contributed by atoms with van der Waals surface area (Å²) in [5.41, 5.74) is 0. The molecule has 1 N–H and O–H groups in total. The number of hydrogen-bond acceptors (Lipinski definition) is 3. The van der Waals surface area contributed by atoms with E-state index >= 15 is 0 Å². The second-order valence-corrected chi connectivity index (χ2v) is 5.09. The molecule has 0 aromatic rings. The number of rotatable bonds is 6. The molecular formula is C11H18BrNO3. The fourth-order valence-corrected chi connectivity index (χ4v) is 2.32. The van der Waals surface area contributed by atoms with Gasteiger partial charge in [-0.05, 0) is 6.42 Å². The minimum absolute atomic E-state index is 0.0627. The molecule has 0 aromatic heterocycles. The third-order valence-corrected chi connectivity index (χ3v) is 3.55. The number of halogens is 1. The van der Waals surface area contributed by atoms with E-state index < -0.39 is 6.09 Å². The molecule has 1 aliphatic rings. The predicted molar refractivity (Wildman–Crippen MR) is 64.8 cm³/mol. The van der Waals surface area contributed by atoms with E-state index in [1.54, 1.807) is 0 Å². The van der Waals surface area contributed by atoms with Crippen LogP contribution in [0.1, 0.15) is 39.0 Å². The molecule has 1 saturated heterocycles. The van der Waals surface area contributed by atoms with E-state index in [4.69, 9.17) is 4.74 Å². The van der Waals surface area contributed by atoms with E-state index in [0.717, 1.165) is 25.7 Å². The number of alkyl halides is 1. The topological polar surface area (TPSA) is 55.4 Å². The van der Waals surface area contributed by atoms with Gasteiger partial charge in [0.25, 0.3) is 0 Å². The molecule has 5 heteroatoms. The van der Waals surface area contributed by atoms with Crippen LogP contribution in [-0.4, -0.2) is 29.4 Å². The monoisotopic (exact) mass is 291 g/mol. The minimum Gasteiger partial charge on any atom is -0.449 e. The van der Waals surface area contributed by atoms with Gasteiger partial charge in [-0.3, -0.25) is 4.79 Å². The van der Waals surface area contributed by atoms with E-state index in [-0.39, 0.29) is 16.7 Å². The maximum absolute atomic E-state index is 11.9. The molecule has 0 aromatic carbocycles. The average molecular weight is 292 g/mol. The molecule has 1 heterocycles. The fraction of sp³-hybridized carbons (Fsp3) is 0.818. The maximum atomic E-state index is 11.9. The van der Waals surface area contributed by atoms with Gasteiger partial charge in [0.1, 0.15) is 0 Å². The van der Waals surface area contributed by atoms with E-state index in [1.165, 1.54) is 0 Å². The van der Waals surface area contributed by atoms with E-state index in [0.29, 0.717) is 13.0 Å². The number of amides is 1. The van der Waals surface area contributed by atoms with Crippen molar-refractivity contribution in [3.8, 4) is 0 Å². The number of carbonyl (C=O) groups excluding carboxylic acids is 2. The van der Waals surface area contributed by atoms with Crippen LogP contribution in [0, 0.1) is 0 Å². The summed E-state index contributed by atoms with van der Waals surface area (Å²) >= 11 is 3.39. The van der Waals surface area contributed by atoms with Crippen molar-refractivity contribution in [1.29, 1.82) is 0 Å². The summed E-state index contributed by atoms with van der Waals surface area (Å²) in [5.74, 6) is 0.0627. The standard InChI is InChI=1S/C11H18BrNO3/c1-2-3-4-5-8(12)10(14)9-6-7-16-11(15)13-9/h8-9H,2-7H2,1H3,(H,13,15)/t8-,9?/m1/s1. The molecule has 1 rings (SSSR count). The zero-order chi connectivity index (χ0) is 12.0. The van der Waals surface area contributed by atoms with E-state index in [9.17, 15) is 9.59 Å². The van der Waals surface area contributed by atoms with Crippen LogP contribution in [0.25, 0.3) is 0 Å². The number of ketones is 1. The van der Waals surface area contributed by atoms with Crippen LogP contribution in [0.4, 0.5) is 4.79 Å². The lowest BCUT2D eigenvalue weighted by Crippen LogP contribution is -2.48. The molecule has 0 saturated carbocycles. The number of unbranched alkanes of at least 4 members (excludes halogenated alkanes) is 2. The van der Waals surface area contributed by atoms with Crippen LogP contribution >= 0.6 is 15.9 Å². The van der Waals surface area contributed by atoms with Gasteiger partial charge in [-0.1, -0.05) is 42.1 Å². The Balaban J connectivity index is 2.34. The number of carbonyl (C=O) groups is 2. The first kappa shape index (κ1) is 13.5. The van der Waals surface area contributed by atoms with Crippen molar-refractivity contribution in [3.05, 3.63) is 0 Å². The molecule has 1 amide bonds. The van der Waals surface area contributed by atoms with Gasteiger partial charge >= 0.3 is 6.09 Å². The van der Waals surface area contributed by atoms with E-state index in [2.05, 4.69) is 28.2 Å². The maximum Gasteiger partial charge on any atom is 0.407 e. The van der Waals surface area contributed by atoms with Gasteiger partial charge in [-0.15, -0.1) is 0 Å². The Hall–Kier alpha value is -0.580. The molecule has 0 radical (unpaired) electrons. The van der Waals surface area contributed by atoms with Gasteiger partial charge < -0.3 is 10.1 Å². The van der Waals surface area contributed by atoms with Crippen LogP contribution in [-0.2, 0) is 9.53 Å². The Kier molecular flexibility index (Phi) is 5.80. The minimum atomic E-state index is -0.488. The van der Waals surface area contributed by atoms with Crippen LogP contribution in [0.3, 0.4) is 0 Å². The van der Waals surface area contributed by atoms with Gasteiger partial charge in [0.15, 0.2) is 5.78 Å². The number of alkyl carbamates (subject to hydrolysis) is 1. The van der Waals surface area contributed by atoms with Crippen molar-refractivity contribution in [2.24, 2.45) is 0 Å². The number of Topliss-reactive ketones (excluding diaryl/α,β-unsaturated/α-hetero) is 1. The highest BCUT2D eigenvalue weighted by Gasteiger charge is 2.29. The van der Waals surface area contributed by atoms with Crippen molar-refractivity contribution < 1.29 is 14.3 Å². The molecule has 0 aliphatic carbocycles.